The quantitative estimate of drug-likeness (QED) is 0.0408. The molecule has 4 saturated heterocycles. The number of carbonyl (C=O) groups excluding carboxylic acids is 4. The summed E-state index contributed by atoms with van der Waals surface area (Å²) in [7, 11) is 0. The highest BCUT2D eigenvalue weighted by atomic mass is 35.5. The summed E-state index contributed by atoms with van der Waals surface area (Å²) in [6.45, 7) is 8.53. The number of carbonyl (C=O) groups is 7. The van der Waals surface area contributed by atoms with Crippen LogP contribution in [0.1, 0.15) is 165 Å². The Hall–Kier alpha value is -9.60. The molecule has 560 valence electrons. The fourth-order valence-electron chi connectivity index (χ4n) is 16.0. The van der Waals surface area contributed by atoms with Crippen LogP contribution < -0.4 is 19.5 Å². The Morgan fingerprint density at radius 1 is 0.566 bits per heavy atom. The molecule has 7 aromatic rings. The molecule has 4 aliphatic heterocycles. The minimum absolute atomic E-state index is 0.00954. The first-order chi connectivity index (χ1) is 50.6. The maximum Gasteiger partial charge on any atom is 0.410 e. The lowest BCUT2D eigenvalue weighted by molar-refractivity contribution is -0.142. The standard InChI is InChI=1S/C29H29ClF2N4O6.C24H21ClF2N4O4.C24H29FO4/c1-29(2,3)42-28(40)34-14-17(15-34)36-22(8-9-33-36)19-11-16(30)6-7-24(19)41-25-13-20(31)18(12-21(25)32)26(37)35-10-4-5-23(35)27(38)39;25-13-3-4-21(16(8-13)19-5-6-29-31(19)14-11-28-12-14)35-22-10-17(26)15(9-18(22)27)23(32)30-7-1-2-20(30)24(33)34;25-20-9-22(18(17-1-2-17)8-19(20)21(26)3-4-23(27)28)29-13-24-10-14-5-15(11-24)7-16(6-14)12-24/h6-9,11-13,17,23H,4-5,10,14-15H2,1-3H3,(H,38,39);3-6,8-10,14,20,28H,1-2,7,11-12H2,(H,33,34);8-9,14-17H,1-7,10-13H2,(H,27,28)/t23-;20-;/m00./s1. The van der Waals surface area contributed by atoms with E-state index in [2.05, 4.69) is 15.5 Å². The van der Waals surface area contributed by atoms with Gasteiger partial charge in [0.15, 0.2) is 28.9 Å². The summed E-state index contributed by atoms with van der Waals surface area (Å²) < 4.78 is 102. The van der Waals surface area contributed by atoms with Gasteiger partial charge >= 0.3 is 24.0 Å². The van der Waals surface area contributed by atoms with Gasteiger partial charge in [-0.1, -0.05) is 23.2 Å². The zero-order valence-electron chi connectivity index (χ0n) is 58.3. The van der Waals surface area contributed by atoms with E-state index in [-0.39, 0.29) is 73.3 Å². The topological polar surface area (TPSA) is 274 Å². The van der Waals surface area contributed by atoms with E-state index >= 15 is 13.2 Å². The number of carboxylic acid groups (broad SMARTS) is 3. The third-order valence-electron chi connectivity index (χ3n) is 21.0. The van der Waals surface area contributed by atoms with Crippen LogP contribution in [0.15, 0.2) is 97.3 Å². The predicted octanol–water partition coefficient (Wildman–Crippen LogP) is 15.2. The van der Waals surface area contributed by atoms with Gasteiger partial charge in [0.05, 0.1) is 53.2 Å². The monoisotopic (exact) mass is 1500 g/mol. The van der Waals surface area contributed by atoms with Gasteiger partial charge < -0.3 is 54.3 Å². The van der Waals surface area contributed by atoms with E-state index < -0.39 is 111 Å². The number of hydrogen-bond donors (Lipinski definition) is 4. The fourth-order valence-corrected chi connectivity index (χ4v) is 16.4. The first kappa shape index (κ1) is 74.7. The lowest BCUT2D eigenvalue weighted by Gasteiger charge is -2.56. The molecule has 16 rings (SSSR count). The number of amides is 3. The van der Waals surface area contributed by atoms with Gasteiger partial charge in [-0.2, -0.15) is 10.2 Å². The number of Topliss-reactive ketones (excluding diaryl/α,β-unsaturated/α-hetero) is 1. The van der Waals surface area contributed by atoms with Crippen LogP contribution in [0.4, 0.5) is 26.7 Å². The summed E-state index contributed by atoms with van der Waals surface area (Å²) in [6, 6.07) is 16.7. The van der Waals surface area contributed by atoms with Gasteiger partial charge in [-0.05, 0) is 194 Å². The molecule has 0 spiro atoms. The molecule has 106 heavy (non-hydrogen) atoms. The van der Waals surface area contributed by atoms with Crippen LogP contribution in [0.3, 0.4) is 0 Å². The average Bonchev–Trinajstić information content (AvgIpc) is 0.909. The Balaban J connectivity index is 0.000000143. The lowest BCUT2D eigenvalue weighted by Crippen LogP contribution is -2.52. The molecule has 5 aromatic carbocycles. The van der Waals surface area contributed by atoms with Crippen LogP contribution in [0, 0.1) is 52.3 Å². The molecule has 22 nitrogen and oxygen atoms in total. The Kier molecular flexibility index (Phi) is 21.6. The number of ether oxygens (including phenoxy) is 4. The number of aromatic nitrogens is 4. The molecule has 3 amide bonds. The fraction of sp³-hybridized carbons (Fsp3) is 0.442. The number of nitrogens with zero attached hydrogens (tertiary/aromatic N) is 7. The molecule has 9 aliphatic rings. The molecule has 29 heteroatoms. The Labute approximate surface area is 616 Å². The molecule has 4 N–H and O–H groups in total. The van der Waals surface area contributed by atoms with Crippen molar-refractivity contribution in [1.29, 1.82) is 0 Å². The van der Waals surface area contributed by atoms with Gasteiger partial charge in [0, 0.05) is 103 Å². The van der Waals surface area contributed by atoms with E-state index in [1.54, 1.807) is 85.2 Å². The van der Waals surface area contributed by atoms with Crippen molar-refractivity contribution in [2.24, 2.45) is 23.2 Å². The van der Waals surface area contributed by atoms with Crippen molar-refractivity contribution in [3.8, 4) is 51.3 Å². The largest absolute Gasteiger partial charge is 0.493 e. The van der Waals surface area contributed by atoms with Gasteiger partial charge in [-0.15, -0.1) is 0 Å². The summed E-state index contributed by atoms with van der Waals surface area (Å²) in [4.78, 5) is 87.6. The summed E-state index contributed by atoms with van der Waals surface area (Å²) in [5.74, 6) is -7.33. The highest BCUT2D eigenvalue weighted by molar-refractivity contribution is 6.31. The second kappa shape index (κ2) is 30.7. The zero-order valence-corrected chi connectivity index (χ0v) is 59.8. The number of aliphatic carboxylic acids is 3. The van der Waals surface area contributed by atoms with Gasteiger partial charge in [0.25, 0.3) is 11.8 Å². The van der Waals surface area contributed by atoms with E-state index in [1.165, 1.54) is 56.7 Å². The maximum atomic E-state index is 15.2. The van der Waals surface area contributed by atoms with Gasteiger partial charge in [-0.3, -0.25) is 28.5 Å². The third kappa shape index (κ3) is 16.4. The Morgan fingerprint density at radius 2 is 1.04 bits per heavy atom. The smallest absolute Gasteiger partial charge is 0.410 e. The highest BCUT2D eigenvalue weighted by Crippen LogP contribution is 2.60. The number of hydrogen-bond acceptors (Lipinski definition) is 14. The molecule has 2 atom stereocenters. The molecule has 4 bridgehead atoms. The average molecular weight is 1510 g/mol. The molecular formula is C77H79Cl2F5N8O14. The van der Waals surface area contributed by atoms with Crippen LogP contribution in [0.25, 0.3) is 22.5 Å². The molecule has 5 aliphatic carbocycles. The van der Waals surface area contributed by atoms with Gasteiger partial charge in [0.2, 0.25) is 0 Å². The minimum Gasteiger partial charge on any atom is -0.493 e. The number of nitrogens with one attached hydrogen (secondary N) is 1. The first-order valence-corrected chi connectivity index (χ1v) is 36.3. The van der Waals surface area contributed by atoms with Crippen LogP contribution >= 0.6 is 23.2 Å². The molecule has 0 radical (unpaired) electrons. The second-order valence-electron chi connectivity index (χ2n) is 29.8. The van der Waals surface area contributed by atoms with Crippen LogP contribution in [-0.2, 0) is 19.1 Å². The normalized spacial score (nSPS) is 21.6. The van der Waals surface area contributed by atoms with Crippen molar-refractivity contribution in [1.82, 2.24) is 39.6 Å². The Bertz CT molecular complexity index is 4560. The second-order valence-corrected chi connectivity index (χ2v) is 30.7. The summed E-state index contributed by atoms with van der Waals surface area (Å²) in [5.41, 5.74) is 1.70. The molecule has 0 unspecified atom stereocenters. The number of halogens is 7. The van der Waals surface area contributed by atoms with Crippen molar-refractivity contribution in [3.63, 3.8) is 0 Å². The number of benzene rings is 5. The van der Waals surface area contributed by atoms with E-state index in [4.69, 9.17) is 47.3 Å². The number of rotatable bonds is 20. The predicted molar refractivity (Wildman–Crippen MR) is 376 cm³/mol. The van der Waals surface area contributed by atoms with Gasteiger partial charge in [-0.25, -0.2) is 36.3 Å². The molecule has 5 saturated carbocycles. The van der Waals surface area contributed by atoms with Crippen molar-refractivity contribution in [3.05, 3.63) is 159 Å². The maximum absolute atomic E-state index is 15.2. The highest BCUT2D eigenvalue weighted by Gasteiger charge is 2.52. The van der Waals surface area contributed by atoms with Gasteiger partial charge in [0.1, 0.15) is 52.4 Å². The minimum atomic E-state index is -1.20. The van der Waals surface area contributed by atoms with Crippen molar-refractivity contribution in [2.45, 2.75) is 146 Å². The Morgan fingerprint density at radius 3 is 1.48 bits per heavy atom. The third-order valence-corrected chi connectivity index (χ3v) is 21.4. The first-order valence-electron chi connectivity index (χ1n) is 35.5. The van der Waals surface area contributed by atoms with Crippen molar-refractivity contribution in [2.75, 3.05) is 45.9 Å². The molecule has 2 aromatic heterocycles. The molecule has 9 fully saturated rings. The van der Waals surface area contributed by atoms with E-state index in [1.807, 2.05) is 4.68 Å². The van der Waals surface area contributed by atoms with E-state index in [9.17, 15) is 52.6 Å². The van der Waals surface area contributed by atoms with Crippen molar-refractivity contribution >= 4 is 64.8 Å². The number of carboxylic acids is 3. The van der Waals surface area contributed by atoms with E-state index in [0.717, 1.165) is 77.2 Å². The molecular weight excluding hydrogens is 1430 g/mol. The number of ketones is 1. The number of likely N-dealkylation sites (tertiary alicyclic amines) is 3. The lowest BCUT2D eigenvalue weighted by atomic mass is 9.50. The van der Waals surface area contributed by atoms with Crippen LogP contribution in [0.2, 0.25) is 10.0 Å². The van der Waals surface area contributed by atoms with Crippen molar-refractivity contribution < 1.29 is 89.8 Å². The summed E-state index contributed by atoms with van der Waals surface area (Å²) in [6.07, 6.45) is 13.7. The van der Waals surface area contributed by atoms with E-state index in [0.29, 0.717) is 82.8 Å². The van der Waals surface area contributed by atoms with Crippen LogP contribution in [-0.4, -0.2) is 155 Å². The summed E-state index contributed by atoms with van der Waals surface area (Å²) in [5, 5.41) is 40.2. The van der Waals surface area contributed by atoms with Crippen LogP contribution in [0.5, 0.6) is 28.7 Å². The summed E-state index contributed by atoms with van der Waals surface area (Å²) >= 11 is 12.5. The SMILES string of the molecule is CC(C)(C)OC(=O)N1CC(n2nccc2-c2cc(Cl)ccc2Oc2cc(F)c(C(=O)N3CCC[C@H]3C(=O)O)cc2F)C1.O=C(O)CCC(=O)c1cc(C2CC2)c(OCC23CC4CC(CC(C4)C2)C3)cc1F.O=C(O)[C@@H]1CCCN1C(=O)c1cc(F)c(Oc2ccc(Cl)cc2-c2ccnn2C2CNC2)cc1F. The zero-order chi connectivity index (χ0) is 75.2. The molecule has 6 heterocycles.